The Kier molecular flexibility index (Phi) is 6.05. The summed E-state index contributed by atoms with van der Waals surface area (Å²) >= 11 is 0. The van der Waals surface area contributed by atoms with Gasteiger partial charge in [0.2, 0.25) is 0 Å². The van der Waals surface area contributed by atoms with E-state index in [1.165, 1.54) is 17.0 Å². The molecular weight excluding hydrogens is 490 g/mol. The number of ketones is 1. The van der Waals surface area contributed by atoms with Gasteiger partial charge in [-0.1, -0.05) is 72.8 Å². The third-order valence-corrected chi connectivity index (χ3v) is 6.79. The zero-order chi connectivity index (χ0) is 26.9. The SMILES string of the molecule is O=C1C(=O)N(c2ccc(Oc3ccccc3)cc2)C(c2ccc(O)cc2)/C1=C(/O)c1cccc2ccccc12. The highest BCUT2D eigenvalue weighted by atomic mass is 16.5. The lowest BCUT2D eigenvalue weighted by molar-refractivity contribution is -0.132. The number of para-hydroxylation sites is 1. The summed E-state index contributed by atoms with van der Waals surface area (Å²) in [5, 5.41) is 23.1. The monoisotopic (exact) mass is 513 g/mol. The first-order valence-electron chi connectivity index (χ1n) is 12.4. The Bertz CT molecular complexity index is 1720. The lowest BCUT2D eigenvalue weighted by atomic mass is 9.93. The maximum atomic E-state index is 13.5. The fourth-order valence-corrected chi connectivity index (χ4v) is 4.95. The van der Waals surface area contributed by atoms with Gasteiger partial charge in [0.15, 0.2) is 0 Å². The van der Waals surface area contributed by atoms with Crippen molar-refractivity contribution in [3.05, 3.63) is 138 Å². The van der Waals surface area contributed by atoms with E-state index in [2.05, 4.69) is 0 Å². The number of aliphatic hydroxyl groups excluding tert-OH is 1. The van der Waals surface area contributed by atoms with Gasteiger partial charge in [0.25, 0.3) is 11.7 Å². The Balaban J connectivity index is 1.47. The number of aromatic hydroxyl groups is 1. The summed E-state index contributed by atoms with van der Waals surface area (Å²) in [6.45, 7) is 0. The average molecular weight is 514 g/mol. The molecule has 0 saturated carbocycles. The summed E-state index contributed by atoms with van der Waals surface area (Å²) in [6.07, 6.45) is 0. The number of hydrogen-bond acceptors (Lipinski definition) is 5. The molecule has 1 aliphatic heterocycles. The van der Waals surface area contributed by atoms with Gasteiger partial charge in [0.1, 0.15) is 23.0 Å². The van der Waals surface area contributed by atoms with Gasteiger partial charge >= 0.3 is 0 Å². The second-order valence-corrected chi connectivity index (χ2v) is 9.20. The van der Waals surface area contributed by atoms with E-state index in [0.29, 0.717) is 28.3 Å². The molecule has 6 heteroatoms. The molecule has 5 aromatic carbocycles. The van der Waals surface area contributed by atoms with Crippen LogP contribution < -0.4 is 9.64 Å². The van der Waals surface area contributed by atoms with Crippen LogP contribution in [0, 0.1) is 0 Å². The number of ether oxygens (including phenoxy) is 1. The van der Waals surface area contributed by atoms with Crippen LogP contribution in [0.25, 0.3) is 16.5 Å². The molecule has 1 saturated heterocycles. The van der Waals surface area contributed by atoms with Crippen LogP contribution in [0.15, 0.2) is 127 Å². The second-order valence-electron chi connectivity index (χ2n) is 9.20. The Morgan fingerprint density at radius 3 is 2.08 bits per heavy atom. The van der Waals surface area contributed by atoms with Crippen molar-refractivity contribution in [2.75, 3.05) is 4.90 Å². The number of Topliss-reactive ketones (excluding diaryl/α,β-unsaturated/α-hetero) is 1. The summed E-state index contributed by atoms with van der Waals surface area (Å²) < 4.78 is 5.88. The van der Waals surface area contributed by atoms with Gasteiger partial charge in [-0.3, -0.25) is 14.5 Å². The fraction of sp³-hybridized carbons (Fsp3) is 0.0303. The van der Waals surface area contributed by atoms with E-state index in [-0.39, 0.29) is 17.1 Å². The van der Waals surface area contributed by atoms with Crippen LogP contribution in [-0.2, 0) is 9.59 Å². The van der Waals surface area contributed by atoms with Crippen LogP contribution >= 0.6 is 0 Å². The molecule has 1 amide bonds. The second kappa shape index (κ2) is 9.84. The summed E-state index contributed by atoms with van der Waals surface area (Å²) in [6, 6.07) is 34.5. The number of carbonyl (C=O) groups excluding carboxylic acids is 2. The van der Waals surface area contributed by atoms with Gasteiger partial charge in [-0.2, -0.15) is 0 Å². The van der Waals surface area contributed by atoms with Crippen molar-refractivity contribution in [3.8, 4) is 17.2 Å². The minimum atomic E-state index is -0.912. The number of carbonyl (C=O) groups is 2. The molecule has 0 aliphatic carbocycles. The number of hydrogen-bond donors (Lipinski definition) is 2. The summed E-state index contributed by atoms with van der Waals surface area (Å²) in [5.41, 5.74) is 1.47. The average Bonchev–Trinajstić information content (AvgIpc) is 3.23. The molecule has 0 aromatic heterocycles. The molecule has 6 rings (SSSR count). The molecule has 39 heavy (non-hydrogen) atoms. The first kappa shape index (κ1) is 24.0. The van der Waals surface area contributed by atoms with Gasteiger partial charge < -0.3 is 14.9 Å². The maximum Gasteiger partial charge on any atom is 0.300 e. The predicted molar refractivity (Wildman–Crippen MR) is 150 cm³/mol. The van der Waals surface area contributed by atoms with Crippen LogP contribution in [0.2, 0.25) is 0 Å². The first-order valence-corrected chi connectivity index (χ1v) is 12.4. The van der Waals surface area contributed by atoms with E-state index >= 15 is 0 Å². The maximum absolute atomic E-state index is 13.5. The Labute approximate surface area is 224 Å². The number of fused-ring (bicyclic) bond motifs is 1. The zero-order valence-electron chi connectivity index (χ0n) is 20.7. The highest BCUT2D eigenvalue weighted by Crippen LogP contribution is 2.43. The van der Waals surface area contributed by atoms with Crippen LogP contribution in [0.5, 0.6) is 17.2 Å². The molecule has 0 radical (unpaired) electrons. The quantitative estimate of drug-likeness (QED) is 0.151. The standard InChI is InChI=1S/C33H23NO5/c35-24-17-13-22(14-18-24)30-29(31(36)28-12-6-8-21-7-4-5-11-27(21)28)32(37)33(38)34(30)23-15-19-26(20-16-23)39-25-9-2-1-3-10-25/h1-20,30,35-36H/b31-29-. The number of nitrogens with zero attached hydrogens (tertiary/aromatic N) is 1. The number of phenolic OH excluding ortho intramolecular Hbond substituents is 1. The molecule has 6 nitrogen and oxygen atoms in total. The molecule has 2 N–H and O–H groups in total. The van der Waals surface area contributed by atoms with Crippen molar-refractivity contribution in [1.29, 1.82) is 0 Å². The van der Waals surface area contributed by atoms with E-state index in [1.807, 2.05) is 60.7 Å². The lowest BCUT2D eigenvalue weighted by Crippen LogP contribution is -2.29. The van der Waals surface area contributed by atoms with Crippen LogP contribution in [0.4, 0.5) is 5.69 Å². The number of rotatable bonds is 5. The normalized spacial score (nSPS) is 16.5. The summed E-state index contributed by atoms with van der Waals surface area (Å²) in [7, 11) is 0. The molecule has 0 bridgehead atoms. The molecule has 190 valence electrons. The van der Waals surface area contributed by atoms with E-state index < -0.39 is 17.7 Å². The highest BCUT2D eigenvalue weighted by Gasteiger charge is 2.47. The van der Waals surface area contributed by atoms with Gasteiger partial charge in [0, 0.05) is 11.3 Å². The number of amides is 1. The van der Waals surface area contributed by atoms with Crippen LogP contribution in [0.1, 0.15) is 17.2 Å². The van der Waals surface area contributed by atoms with Gasteiger partial charge in [-0.25, -0.2) is 0 Å². The fourth-order valence-electron chi connectivity index (χ4n) is 4.95. The number of phenols is 1. The van der Waals surface area contributed by atoms with E-state index in [1.54, 1.807) is 48.5 Å². The number of benzene rings is 5. The lowest BCUT2D eigenvalue weighted by Gasteiger charge is -2.25. The van der Waals surface area contributed by atoms with Crippen molar-refractivity contribution in [2.45, 2.75) is 6.04 Å². The van der Waals surface area contributed by atoms with Crippen LogP contribution in [-0.4, -0.2) is 21.9 Å². The molecule has 1 unspecified atom stereocenters. The first-order chi connectivity index (χ1) is 19.0. The van der Waals surface area contributed by atoms with Crippen molar-refractivity contribution >= 4 is 33.9 Å². The Hall–Kier alpha value is -5.36. The minimum Gasteiger partial charge on any atom is -0.508 e. The molecule has 1 aliphatic rings. The highest BCUT2D eigenvalue weighted by molar-refractivity contribution is 6.51. The Morgan fingerprint density at radius 1 is 0.692 bits per heavy atom. The molecule has 1 heterocycles. The van der Waals surface area contributed by atoms with Gasteiger partial charge in [-0.05, 0) is 64.9 Å². The molecule has 1 atom stereocenters. The Morgan fingerprint density at radius 2 is 1.33 bits per heavy atom. The third-order valence-electron chi connectivity index (χ3n) is 6.79. The van der Waals surface area contributed by atoms with Crippen molar-refractivity contribution in [3.63, 3.8) is 0 Å². The molecule has 0 spiro atoms. The largest absolute Gasteiger partial charge is 0.508 e. The topological polar surface area (TPSA) is 87.1 Å². The number of aliphatic hydroxyl groups is 1. The van der Waals surface area contributed by atoms with Crippen molar-refractivity contribution < 1.29 is 24.5 Å². The van der Waals surface area contributed by atoms with Gasteiger partial charge in [0.05, 0.1) is 11.6 Å². The van der Waals surface area contributed by atoms with Crippen molar-refractivity contribution in [1.82, 2.24) is 0 Å². The zero-order valence-corrected chi connectivity index (χ0v) is 20.7. The van der Waals surface area contributed by atoms with E-state index in [0.717, 1.165) is 10.8 Å². The predicted octanol–water partition coefficient (Wildman–Crippen LogP) is 6.96. The summed E-state index contributed by atoms with van der Waals surface area (Å²) in [5.74, 6) is -0.514. The van der Waals surface area contributed by atoms with Gasteiger partial charge in [-0.15, -0.1) is 0 Å². The minimum absolute atomic E-state index is 0.0216. The van der Waals surface area contributed by atoms with E-state index in [9.17, 15) is 19.8 Å². The molecular formula is C33H23NO5. The summed E-state index contributed by atoms with van der Waals surface area (Å²) in [4.78, 5) is 28.4. The van der Waals surface area contributed by atoms with Crippen molar-refractivity contribution in [2.24, 2.45) is 0 Å². The smallest absolute Gasteiger partial charge is 0.300 e. The number of anilines is 1. The molecule has 5 aromatic rings. The van der Waals surface area contributed by atoms with Crippen LogP contribution in [0.3, 0.4) is 0 Å². The molecule has 1 fully saturated rings. The van der Waals surface area contributed by atoms with E-state index in [4.69, 9.17) is 4.74 Å². The third kappa shape index (κ3) is 4.38.